The number of carbonyl (C=O) groups is 1. The van der Waals surface area contributed by atoms with Crippen molar-refractivity contribution in [2.24, 2.45) is 0 Å². The van der Waals surface area contributed by atoms with Crippen LogP contribution >= 0.6 is 11.8 Å². The van der Waals surface area contributed by atoms with Gasteiger partial charge in [0.25, 0.3) is 0 Å². The van der Waals surface area contributed by atoms with Crippen molar-refractivity contribution in [2.75, 3.05) is 12.4 Å². The summed E-state index contributed by atoms with van der Waals surface area (Å²) in [6.07, 6.45) is 5.88. The molecule has 1 aliphatic heterocycles. The Labute approximate surface area is 151 Å². The second kappa shape index (κ2) is 9.05. The summed E-state index contributed by atoms with van der Waals surface area (Å²) in [5, 5.41) is 12.2. The molecule has 1 atom stereocenters. The highest BCUT2D eigenvalue weighted by Gasteiger charge is 2.21. The SMILES string of the molecule is CCCc1nnc(SCC(=O)NCc2ccco2)n1C[C@H]1CCCO1. The first-order valence-electron chi connectivity index (χ1n) is 8.71. The highest BCUT2D eigenvalue weighted by Crippen LogP contribution is 2.21. The number of aryl methyl sites for hydroxylation is 1. The average molecular weight is 364 g/mol. The number of thioether (sulfide) groups is 1. The number of nitrogens with one attached hydrogen (secondary N) is 1. The van der Waals surface area contributed by atoms with Crippen LogP contribution in [0.5, 0.6) is 0 Å². The molecule has 1 N–H and O–H groups in total. The number of amides is 1. The Hall–Kier alpha value is -1.80. The predicted molar refractivity (Wildman–Crippen MR) is 94.3 cm³/mol. The number of aromatic nitrogens is 3. The zero-order chi connectivity index (χ0) is 17.5. The van der Waals surface area contributed by atoms with Crippen molar-refractivity contribution in [3.05, 3.63) is 30.0 Å². The van der Waals surface area contributed by atoms with Gasteiger partial charge in [-0.1, -0.05) is 18.7 Å². The number of ether oxygens (including phenoxy) is 1. The van der Waals surface area contributed by atoms with Crippen LogP contribution in [0.25, 0.3) is 0 Å². The van der Waals surface area contributed by atoms with Gasteiger partial charge < -0.3 is 19.0 Å². The number of hydrogen-bond acceptors (Lipinski definition) is 6. The van der Waals surface area contributed by atoms with Crippen molar-refractivity contribution < 1.29 is 13.9 Å². The second-order valence-electron chi connectivity index (χ2n) is 6.04. The molecule has 0 radical (unpaired) electrons. The van der Waals surface area contributed by atoms with E-state index in [9.17, 15) is 4.79 Å². The number of furan rings is 1. The lowest BCUT2D eigenvalue weighted by molar-refractivity contribution is -0.118. The van der Waals surface area contributed by atoms with E-state index in [0.717, 1.165) is 55.6 Å². The van der Waals surface area contributed by atoms with Gasteiger partial charge in [-0.05, 0) is 31.4 Å². The average Bonchev–Trinajstić information content (AvgIpc) is 3.35. The van der Waals surface area contributed by atoms with Crippen LogP contribution in [0.1, 0.15) is 37.8 Å². The smallest absolute Gasteiger partial charge is 0.230 e. The first-order valence-corrected chi connectivity index (χ1v) is 9.70. The monoisotopic (exact) mass is 364 g/mol. The molecule has 25 heavy (non-hydrogen) atoms. The van der Waals surface area contributed by atoms with E-state index < -0.39 is 0 Å². The molecule has 0 unspecified atom stereocenters. The fraction of sp³-hybridized carbons (Fsp3) is 0.588. The van der Waals surface area contributed by atoms with E-state index in [-0.39, 0.29) is 12.0 Å². The summed E-state index contributed by atoms with van der Waals surface area (Å²) in [5.74, 6) is 1.96. The van der Waals surface area contributed by atoms with Gasteiger partial charge in [-0.15, -0.1) is 10.2 Å². The predicted octanol–water partition coefficient (Wildman–Crippen LogP) is 2.41. The lowest BCUT2D eigenvalue weighted by atomic mass is 10.2. The van der Waals surface area contributed by atoms with Gasteiger partial charge in [0.05, 0.1) is 31.2 Å². The fourth-order valence-electron chi connectivity index (χ4n) is 2.79. The molecule has 0 aromatic carbocycles. The van der Waals surface area contributed by atoms with Crippen molar-refractivity contribution in [3.8, 4) is 0 Å². The molecule has 3 heterocycles. The number of nitrogens with zero attached hydrogens (tertiary/aromatic N) is 3. The Balaban J connectivity index is 1.55. The van der Waals surface area contributed by atoms with Gasteiger partial charge in [-0.3, -0.25) is 4.79 Å². The third kappa shape index (κ3) is 5.09. The Morgan fingerprint density at radius 1 is 1.48 bits per heavy atom. The van der Waals surface area contributed by atoms with E-state index in [4.69, 9.17) is 9.15 Å². The van der Waals surface area contributed by atoms with Crippen molar-refractivity contribution in [1.82, 2.24) is 20.1 Å². The van der Waals surface area contributed by atoms with Crippen LogP contribution in [0.2, 0.25) is 0 Å². The van der Waals surface area contributed by atoms with Crippen molar-refractivity contribution in [1.29, 1.82) is 0 Å². The normalized spacial score (nSPS) is 17.1. The molecule has 1 saturated heterocycles. The van der Waals surface area contributed by atoms with Gasteiger partial charge in [0.15, 0.2) is 5.16 Å². The van der Waals surface area contributed by atoms with Crippen molar-refractivity contribution >= 4 is 17.7 Å². The Bertz CT molecular complexity index is 665. The standard InChI is InChI=1S/C17H24N4O3S/c1-2-5-15-19-20-17(21(15)11-14-7-4-9-24-14)25-12-16(22)18-10-13-6-3-8-23-13/h3,6,8,14H,2,4-5,7,9-12H2,1H3,(H,18,22)/t14-/m1/s1. The molecule has 1 fully saturated rings. The largest absolute Gasteiger partial charge is 0.467 e. The third-order valence-electron chi connectivity index (χ3n) is 4.05. The van der Waals surface area contributed by atoms with Crippen molar-refractivity contribution in [2.45, 2.75) is 57.0 Å². The molecule has 7 nitrogen and oxygen atoms in total. The van der Waals surface area contributed by atoms with Gasteiger partial charge in [-0.2, -0.15) is 0 Å². The lowest BCUT2D eigenvalue weighted by Gasteiger charge is -2.14. The van der Waals surface area contributed by atoms with Crippen LogP contribution in [0.15, 0.2) is 28.0 Å². The van der Waals surface area contributed by atoms with E-state index in [1.165, 1.54) is 11.8 Å². The summed E-state index contributed by atoms with van der Waals surface area (Å²) in [6.45, 7) is 4.11. The maximum atomic E-state index is 12.0. The van der Waals surface area contributed by atoms with E-state index >= 15 is 0 Å². The van der Waals surface area contributed by atoms with Crippen LogP contribution in [-0.4, -0.2) is 39.1 Å². The molecule has 2 aromatic heterocycles. The summed E-state index contributed by atoms with van der Waals surface area (Å²) in [7, 11) is 0. The van der Waals surface area contributed by atoms with Gasteiger partial charge in [0.1, 0.15) is 11.6 Å². The van der Waals surface area contributed by atoms with Crippen LogP contribution in [0.4, 0.5) is 0 Å². The minimum atomic E-state index is -0.0508. The van der Waals surface area contributed by atoms with Gasteiger partial charge in [0, 0.05) is 13.0 Å². The molecule has 1 aliphatic rings. The second-order valence-corrected chi connectivity index (χ2v) is 6.98. The number of carbonyl (C=O) groups excluding carboxylic acids is 1. The minimum Gasteiger partial charge on any atom is -0.467 e. The molecule has 136 valence electrons. The highest BCUT2D eigenvalue weighted by molar-refractivity contribution is 7.99. The summed E-state index contributed by atoms with van der Waals surface area (Å²) in [5.41, 5.74) is 0. The zero-order valence-corrected chi connectivity index (χ0v) is 15.3. The van der Waals surface area contributed by atoms with Crippen LogP contribution < -0.4 is 5.32 Å². The number of rotatable bonds is 9. The molecule has 8 heteroatoms. The minimum absolute atomic E-state index is 0.0508. The molecular weight excluding hydrogens is 340 g/mol. The molecule has 0 spiro atoms. The maximum absolute atomic E-state index is 12.0. The maximum Gasteiger partial charge on any atom is 0.230 e. The van der Waals surface area contributed by atoms with Gasteiger partial charge >= 0.3 is 0 Å². The summed E-state index contributed by atoms with van der Waals surface area (Å²) in [6, 6.07) is 3.64. The third-order valence-corrected chi connectivity index (χ3v) is 5.02. The topological polar surface area (TPSA) is 82.2 Å². The molecule has 2 aromatic rings. The molecule has 3 rings (SSSR count). The van der Waals surface area contributed by atoms with Crippen molar-refractivity contribution in [3.63, 3.8) is 0 Å². The highest BCUT2D eigenvalue weighted by atomic mass is 32.2. The van der Waals surface area contributed by atoms with E-state index in [1.54, 1.807) is 12.3 Å². The molecule has 0 aliphatic carbocycles. The Morgan fingerprint density at radius 3 is 3.12 bits per heavy atom. The van der Waals surface area contributed by atoms with Crippen LogP contribution in [0.3, 0.4) is 0 Å². The molecular formula is C17H24N4O3S. The summed E-state index contributed by atoms with van der Waals surface area (Å²) >= 11 is 1.41. The van der Waals surface area contributed by atoms with Gasteiger partial charge in [0.2, 0.25) is 5.91 Å². The first-order chi connectivity index (χ1) is 12.3. The Kier molecular flexibility index (Phi) is 6.52. The van der Waals surface area contributed by atoms with Crippen LogP contribution in [-0.2, 0) is 29.0 Å². The van der Waals surface area contributed by atoms with Gasteiger partial charge in [-0.25, -0.2) is 0 Å². The first kappa shape index (κ1) is 18.0. The summed E-state index contributed by atoms with van der Waals surface area (Å²) < 4.78 is 13.1. The van der Waals surface area contributed by atoms with E-state index in [0.29, 0.717) is 12.3 Å². The number of hydrogen-bond donors (Lipinski definition) is 1. The van der Waals surface area contributed by atoms with E-state index in [1.807, 2.05) is 6.07 Å². The summed E-state index contributed by atoms with van der Waals surface area (Å²) in [4.78, 5) is 12.0. The zero-order valence-electron chi connectivity index (χ0n) is 14.4. The Morgan fingerprint density at radius 2 is 2.40 bits per heavy atom. The fourth-order valence-corrected chi connectivity index (χ4v) is 3.59. The molecule has 0 saturated carbocycles. The van der Waals surface area contributed by atoms with E-state index in [2.05, 4.69) is 27.0 Å². The quantitative estimate of drug-likeness (QED) is 0.688. The molecule has 1 amide bonds. The van der Waals surface area contributed by atoms with Crippen LogP contribution in [0, 0.1) is 0 Å². The molecule has 0 bridgehead atoms. The lowest BCUT2D eigenvalue weighted by Crippen LogP contribution is -2.24.